The van der Waals surface area contributed by atoms with Gasteiger partial charge < -0.3 is 0 Å². The van der Waals surface area contributed by atoms with Crippen molar-refractivity contribution < 1.29 is 22.0 Å². The van der Waals surface area contributed by atoms with Gasteiger partial charge in [0.25, 0.3) is 0 Å². The van der Waals surface area contributed by atoms with Gasteiger partial charge in [-0.2, -0.15) is 13.2 Å². The van der Waals surface area contributed by atoms with Crippen molar-refractivity contribution in [2.75, 3.05) is 0 Å². The van der Waals surface area contributed by atoms with Crippen LogP contribution in [0.3, 0.4) is 0 Å². The lowest BCUT2D eigenvalue weighted by atomic mass is 10.4. The molecule has 0 bridgehead atoms. The summed E-state index contributed by atoms with van der Waals surface area (Å²) in [4.78, 5) is 0. The third kappa shape index (κ3) is 5.65. The van der Waals surface area contributed by atoms with E-state index >= 15 is 0 Å². The molecule has 0 rings (SSSR count). The zero-order valence-electron chi connectivity index (χ0n) is 3.67. The molecule has 0 aliphatic carbocycles. The predicted molar refractivity (Wildman–Crippen MR) is 16.7 cm³/mol. The van der Waals surface area contributed by atoms with Gasteiger partial charge in [-0.15, -0.1) is 0 Å². The van der Waals surface area contributed by atoms with E-state index < -0.39 is 19.0 Å². The maximum Gasteiger partial charge on any atom is 0.394 e. The van der Waals surface area contributed by atoms with Gasteiger partial charge in [-0.1, -0.05) is 0 Å². The third-order valence-corrected chi connectivity index (χ3v) is 0.386. The maximum absolute atomic E-state index is 10.8. The number of alkyl halides is 5. The van der Waals surface area contributed by atoms with E-state index in [4.69, 9.17) is 0 Å². The molecule has 0 atom stereocenters. The first-order valence-electron chi connectivity index (χ1n) is 1.77. The number of hydrogen-bond acceptors (Lipinski definition) is 0. The molecule has 0 aliphatic heterocycles. The lowest BCUT2D eigenvalue weighted by Gasteiger charge is -2.02. The van der Waals surface area contributed by atoms with Gasteiger partial charge in [-0.05, 0) is 0 Å². The lowest BCUT2D eigenvalue weighted by Crippen LogP contribution is -2.12. The van der Waals surface area contributed by atoms with Gasteiger partial charge in [0.15, 0.2) is 0 Å². The Morgan fingerprint density at radius 1 is 1.12 bits per heavy atom. The highest BCUT2D eigenvalue weighted by molar-refractivity contribution is 4.50. The summed E-state index contributed by atoms with van der Waals surface area (Å²) in [5.74, 6) is 0. The fraction of sp³-hybridized carbons (Fsp3) is 1.00. The Hall–Kier alpha value is -0.350. The van der Waals surface area contributed by atoms with Gasteiger partial charge in [-0.25, -0.2) is 8.78 Å². The first-order chi connectivity index (χ1) is 3.42. The third-order valence-electron chi connectivity index (χ3n) is 0.386. The molecule has 0 saturated heterocycles. The predicted octanol–water partition coefficient (Wildman–Crippen LogP) is 2.20. The summed E-state index contributed by atoms with van der Waals surface area (Å²) in [6.45, 7) is 0. The number of rotatable bonds is 1. The van der Waals surface area contributed by atoms with Gasteiger partial charge in [0.1, 0.15) is 6.42 Å². The molecule has 0 nitrogen and oxygen atoms in total. The molecule has 8 heavy (non-hydrogen) atoms. The molecule has 0 aromatic rings. The normalized spacial score (nSPS) is 12.8. The second-order valence-corrected chi connectivity index (χ2v) is 1.21. The van der Waals surface area contributed by atoms with Gasteiger partial charge in [0, 0.05) is 0 Å². The van der Waals surface area contributed by atoms with Crippen LogP contribution in [0.1, 0.15) is 6.42 Å². The van der Waals surface area contributed by atoms with E-state index in [1.807, 2.05) is 0 Å². The van der Waals surface area contributed by atoms with E-state index in [1.54, 1.807) is 0 Å². The summed E-state index contributed by atoms with van der Waals surface area (Å²) in [5, 5.41) is 0. The molecule has 50 valence electrons. The van der Waals surface area contributed by atoms with Crippen molar-refractivity contribution in [2.45, 2.75) is 19.0 Å². The zero-order valence-corrected chi connectivity index (χ0v) is 3.67. The number of halogens is 5. The van der Waals surface area contributed by atoms with E-state index in [-0.39, 0.29) is 0 Å². The molecule has 0 heterocycles. The van der Waals surface area contributed by atoms with Gasteiger partial charge >= 0.3 is 6.18 Å². The molecule has 0 spiro atoms. The molecule has 5 heteroatoms. The Labute approximate surface area is 42.3 Å². The molecule has 0 aliphatic rings. The van der Waals surface area contributed by atoms with Crippen LogP contribution in [-0.2, 0) is 0 Å². The van der Waals surface area contributed by atoms with Gasteiger partial charge in [0.05, 0.1) is 0 Å². The summed E-state index contributed by atoms with van der Waals surface area (Å²) < 4.78 is 54.1. The highest BCUT2D eigenvalue weighted by Crippen LogP contribution is 2.22. The average molecular weight is 134 g/mol. The summed E-state index contributed by atoms with van der Waals surface area (Å²) in [5.41, 5.74) is 0. The van der Waals surface area contributed by atoms with Crippen LogP contribution in [0, 0.1) is 0 Å². The zero-order chi connectivity index (χ0) is 6.78. The van der Waals surface area contributed by atoms with E-state index in [1.165, 1.54) is 0 Å². The molecular formula is C3H3F5. The highest BCUT2D eigenvalue weighted by Gasteiger charge is 2.31. The van der Waals surface area contributed by atoms with E-state index in [9.17, 15) is 22.0 Å². The van der Waals surface area contributed by atoms with Gasteiger partial charge in [0.2, 0.25) is 6.43 Å². The minimum Gasteiger partial charge on any atom is -0.210 e. The maximum atomic E-state index is 10.8. The minimum absolute atomic E-state index is 2.01. The second-order valence-electron chi connectivity index (χ2n) is 1.21. The molecule has 0 unspecified atom stereocenters. The molecule has 0 aromatic heterocycles. The van der Waals surface area contributed by atoms with Crippen molar-refractivity contribution in [1.82, 2.24) is 0 Å². The smallest absolute Gasteiger partial charge is 0.210 e. The number of hydrogen-bond donors (Lipinski definition) is 0. The molecule has 0 saturated carbocycles. The van der Waals surface area contributed by atoms with Crippen LogP contribution in [-0.4, -0.2) is 12.6 Å². The second kappa shape index (κ2) is 2.28. The van der Waals surface area contributed by atoms with Crippen molar-refractivity contribution in [2.24, 2.45) is 0 Å². The van der Waals surface area contributed by atoms with Gasteiger partial charge in [-0.3, -0.25) is 0 Å². The fourth-order valence-electron chi connectivity index (χ4n) is 0.175. The Bertz CT molecular complexity index is 62.6. The average Bonchev–Trinajstić information content (AvgIpc) is 1.21. The van der Waals surface area contributed by atoms with E-state index in [2.05, 4.69) is 0 Å². The summed E-state index contributed by atoms with van der Waals surface area (Å²) in [7, 11) is 0. The lowest BCUT2D eigenvalue weighted by molar-refractivity contribution is -0.158. The van der Waals surface area contributed by atoms with Crippen LogP contribution < -0.4 is 0 Å². The Balaban J connectivity index is 3.39. The molecule has 0 N–H and O–H groups in total. The Morgan fingerprint density at radius 3 is 1.50 bits per heavy atom. The van der Waals surface area contributed by atoms with Crippen molar-refractivity contribution in [3.63, 3.8) is 0 Å². The molecule has 0 amide bonds. The van der Waals surface area contributed by atoms with E-state index in [0.717, 1.165) is 0 Å². The first-order valence-corrected chi connectivity index (χ1v) is 1.77. The first kappa shape index (κ1) is 7.65. The SMILES string of the molecule is FC(F)CC(F)(F)F. The fourth-order valence-corrected chi connectivity index (χ4v) is 0.175. The molecule has 0 aromatic carbocycles. The van der Waals surface area contributed by atoms with Crippen molar-refractivity contribution in [3.8, 4) is 0 Å². The van der Waals surface area contributed by atoms with E-state index in [0.29, 0.717) is 0 Å². The molecule has 0 radical (unpaired) electrons. The highest BCUT2D eigenvalue weighted by atomic mass is 19.4. The van der Waals surface area contributed by atoms with Crippen LogP contribution >= 0.6 is 0 Å². The van der Waals surface area contributed by atoms with Crippen LogP contribution in [0.4, 0.5) is 22.0 Å². The summed E-state index contributed by atoms with van der Waals surface area (Å²) in [6.07, 6.45) is -10.0. The van der Waals surface area contributed by atoms with Crippen LogP contribution in [0.15, 0.2) is 0 Å². The standard InChI is InChI=1S/C3H3F5/c4-2(5)1-3(6,7)8/h2H,1H2. The summed E-state index contributed by atoms with van der Waals surface area (Å²) >= 11 is 0. The van der Waals surface area contributed by atoms with Crippen molar-refractivity contribution in [1.29, 1.82) is 0 Å². The minimum atomic E-state index is -4.73. The van der Waals surface area contributed by atoms with Crippen LogP contribution in [0.25, 0.3) is 0 Å². The summed E-state index contributed by atoms with van der Waals surface area (Å²) in [6, 6.07) is 0. The topological polar surface area (TPSA) is 0 Å². The Kier molecular flexibility index (Phi) is 2.18. The quantitative estimate of drug-likeness (QED) is 0.482. The van der Waals surface area contributed by atoms with Crippen molar-refractivity contribution >= 4 is 0 Å². The van der Waals surface area contributed by atoms with Crippen LogP contribution in [0.2, 0.25) is 0 Å². The van der Waals surface area contributed by atoms with Crippen molar-refractivity contribution in [3.05, 3.63) is 0 Å². The van der Waals surface area contributed by atoms with Crippen LogP contribution in [0.5, 0.6) is 0 Å². The molecular weight excluding hydrogens is 131 g/mol. The monoisotopic (exact) mass is 134 g/mol. The molecule has 0 fully saturated rings. The Morgan fingerprint density at radius 2 is 1.50 bits per heavy atom. The largest absolute Gasteiger partial charge is 0.394 e.